The molecule has 0 aromatic carbocycles. The van der Waals surface area contributed by atoms with Crippen molar-refractivity contribution in [3.63, 3.8) is 0 Å². The highest BCUT2D eigenvalue weighted by Crippen LogP contribution is 1.93. The highest BCUT2D eigenvalue weighted by atomic mass is 16.4. The molecule has 0 spiro atoms. The van der Waals surface area contributed by atoms with Crippen LogP contribution < -0.4 is 10.4 Å². The summed E-state index contributed by atoms with van der Waals surface area (Å²) in [5.74, 6) is 0. The lowest BCUT2D eigenvalue weighted by Gasteiger charge is -2.04. The van der Waals surface area contributed by atoms with Crippen molar-refractivity contribution in [2.45, 2.75) is 6.54 Å². The average Bonchev–Trinajstić information content (AvgIpc) is 2.03. The number of hydrogen-bond acceptors (Lipinski definition) is 3. The number of hydrogen-bond donors (Lipinski definition) is 1. The van der Waals surface area contributed by atoms with E-state index in [-0.39, 0.29) is 6.54 Å². The van der Waals surface area contributed by atoms with Crippen molar-refractivity contribution in [2.24, 2.45) is 0 Å². The predicted octanol–water partition coefficient (Wildman–Crippen LogP) is -0.486. The number of pyridine rings is 1. The Labute approximate surface area is 63.9 Å². The molecule has 0 aliphatic carbocycles. The number of nitrogens with one attached hydrogen (secondary N) is 1. The summed E-state index contributed by atoms with van der Waals surface area (Å²) in [5.41, 5.74) is 0.865. The van der Waals surface area contributed by atoms with E-state index in [1.807, 2.05) is 0 Å². The molecule has 0 radical (unpaired) electrons. The van der Waals surface area contributed by atoms with Gasteiger partial charge in [0.2, 0.25) is 0 Å². The summed E-state index contributed by atoms with van der Waals surface area (Å²) in [6.07, 6.45) is 1.94. The third-order valence-corrected chi connectivity index (χ3v) is 1.19. The zero-order valence-corrected chi connectivity index (χ0v) is 5.78. The Balaban J connectivity index is 2.45. The van der Waals surface area contributed by atoms with Crippen molar-refractivity contribution in [2.75, 3.05) is 0 Å². The lowest BCUT2D eigenvalue weighted by atomic mass is 10.3. The second kappa shape index (κ2) is 3.55. The van der Waals surface area contributed by atoms with E-state index < -0.39 is 6.09 Å². The van der Waals surface area contributed by atoms with Crippen molar-refractivity contribution in [1.82, 2.24) is 10.3 Å². The van der Waals surface area contributed by atoms with Gasteiger partial charge in [0.1, 0.15) is 6.09 Å². The van der Waals surface area contributed by atoms with Crippen molar-refractivity contribution < 1.29 is 9.90 Å². The minimum atomic E-state index is -1.26. The molecule has 1 N–H and O–H groups in total. The predicted molar refractivity (Wildman–Crippen MR) is 36.5 cm³/mol. The van der Waals surface area contributed by atoms with E-state index >= 15 is 0 Å². The molecule has 1 heterocycles. The zero-order valence-electron chi connectivity index (χ0n) is 5.78. The fourth-order valence-electron chi connectivity index (χ4n) is 0.675. The maximum Gasteiger partial charge on any atom is 0.134 e. The molecular formula is C7H7N2O2-. The van der Waals surface area contributed by atoms with Crippen molar-refractivity contribution in [3.05, 3.63) is 30.1 Å². The van der Waals surface area contributed by atoms with Crippen LogP contribution in [0.1, 0.15) is 5.56 Å². The molecule has 0 aliphatic heterocycles. The molecule has 1 aromatic rings. The fourth-order valence-corrected chi connectivity index (χ4v) is 0.675. The lowest BCUT2D eigenvalue weighted by Crippen LogP contribution is -2.35. The number of carbonyl (C=O) groups excluding carboxylic acids is 1. The van der Waals surface area contributed by atoms with Gasteiger partial charge in [-0.25, -0.2) is 0 Å². The summed E-state index contributed by atoms with van der Waals surface area (Å²) in [7, 11) is 0. The minimum Gasteiger partial charge on any atom is -0.530 e. The van der Waals surface area contributed by atoms with E-state index in [9.17, 15) is 9.90 Å². The largest absolute Gasteiger partial charge is 0.530 e. The van der Waals surface area contributed by atoms with E-state index in [1.54, 1.807) is 24.5 Å². The summed E-state index contributed by atoms with van der Waals surface area (Å²) >= 11 is 0. The monoisotopic (exact) mass is 151 g/mol. The van der Waals surface area contributed by atoms with Crippen molar-refractivity contribution >= 4 is 6.09 Å². The Bertz CT molecular complexity index is 235. The van der Waals surface area contributed by atoms with Crippen LogP contribution in [-0.4, -0.2) is 11.1 Å². The van der Waals surface area contributed by atoms with E-state index in [4.69, 9.17) is 0 Å². The first-order chi connectivity index (χ1) is 5.29. The highest BCUT2D eigenvalue weighted by Gasteiger charge is 1.88. The SMILES string of the molecule is O=C([O-])NCc1ccncc1. The summed E-state index contributed by atoms with van der Waals surface area (Å²) in [6, 6.07) is 3.46. The maximum absolute atomic E-state index is 9.93. The van der Waals surface area contributed by atoms with Crippen molar-refractivity contribution in [1.29, 1.82) is 0 Å². The van der Waals surface area contributed by atoms with Crippen LogP contribution in [-0.2, 0) is 6.54 Å². The van der Waals surface area contributed by atoms with Crippen LogP contribution in [0.25, 0.3) is 0 Å². The van der Waals surface area contributed by atoms with Crippen LogP contribution in [0.15, 0.2) is 24.5 Å². The average molecular weight is 151 g/mol. The van der Waals surface area contributed by atoms with Gasteiger partial charge in [0.05, 0.1) is 0 Å². The Kier molecular flexibility index (Phi) is 2.43. The number of rotatable bonds is 2. The van der Waals surface area contributed by atoms with Gasteiger partial charge in [-0.05, 0) is 17.7 Å². The van der Waals surface area contributed by atoms with Gasteiger partial charge in [-0.3, -0.25) is 4.98 Å². The number of carbonyl (C=O) groups is 1. The summed E-state index contributed by atoms with van der Waals surface area (Å²) < 4.78 is 0. The van der Waals surface area contributed by atoms with Crippen molar-refractivity contribution in [3.8, 4) is 0 Å². The normalized spacial score (nSPS) is 9.09. The first-order valence-corrected chi connectivity index (χ1v) is 3.13. The standard InChI is InChI=1S/C7H8N2O2/c10-7(11)9-5-6-1-3-8-4-2-6/h1-4,9H,5H2,(H,10,11)/p-1. The molecule has 4 nitrogen and oxygen atoms in total. The molecule has 1 aromatic heterocycles. The molecule has 0 saturated heterocycles. The van der Waals surface area contributed by atoms with Gasteiger partial charge in [-0.1, -0.05) is 0 Å². The number of amides is 1. The number of nitrogens with zero attached hydrogens (tertiary/aromatic N) is 1. The van der Waals surface area contributed by atoms with E-state index in [0.717, 1.165) is 5.56 Å². The van der Waals surface area contributed by atoms with Gasteiger partial charge >= 0.3 is 0 Å². The molecule has 0 aliphatic rings. The van der Waals surface area contributed by atoms with E-state index in [0.29, 0.717) is 0 Å². The van der Waals surface area contributed by atoms with E-state index in [2.05, 4.69) is 10.3 Å². The molecule has 1 amide bonds. The molecular weight excluding hydrogens is 144 g/mol. The molecule has 0 unspecified atom stereocenters. The lowest BCUT2D eigenvalue weighted by molar-refractivity contribution is -0.251. The van der Waals surface area contributed by atoms with Gasteiger partial charge in [-0.2, -0.15) is 0 Å². The summed E-state index contributed by atoms with van der Waals surface area (Å²) in [5, 5.41) is 12.1. The van der Waals surface area contributed by atoms with Gasteiger partial charge in [0.25, 0.3) is 0 Å². The van der Waals surface area contributed by atoms with Crippen LogP contribution >= 0.6 is 0 Å². The molecule has 0 saturated carbocycles. The Morgan fingerprint density at radius 3 is 2.73 bits per heavy atom. The number of carboxylic acid groups (broad SMARTS) is 1. The van der Waals surface area contributed by atoms with Crippen LogP contribution in [0.3, 0.4) is 0 Å². The zero-order chi connectivity index (χ0) is 8.10. The second-order valence-corrected chi connectivity index (χ2v) is 2.00. The smallest absolute Gasteiger partial charge is 0.134 e. The Morgan fingerprint density at radius 1 is 1.55 bits per heavy atom. The molecule has 1 rings (SSSR count). The van der Waals surface area contributed by atoms with Gasteiger partial charge < -0.3 is 15.2 Å². The molecule has 58 valence electrons. The van der Waals surface area contributed by atoms with Crippen LogP contribution in [0.5, 0.6) is 0 Å². The minimum absolute atomic E-state index is 0.269. The first kappa shape index (κ1) is 7.53. The summed E-state index contributed by atoms with van der Waals surface area (Å²) in [4.78, 5) is 13.7. The van der Waals surface area contributed by atoms with E-state index in [1.165, 1.54) is 0 Å². The third-order valence-electron chi connectivity index (χ3n) is 1.19. The van der Waals surface area contributed by atoms with Crippen LogP contribution in [0.4, 0.5) is 4.79 Å². The topological polar surface area (TPSA) is 65.0 Å². The fraction of sp³-hybridized carbons (Fsp3) is 0.143. The molecule has 0 atom stereocenters. The second-order valence-electron chi connectivity index (χ2n) is 2.00. The quantitative estimate of drug-likeness (QED) is 0.620. The third kappa shape index (κ3) is 2.66. The Hall–Kier alpha value is -1.58. The summed E-state index contributed by atoms with van der Waals surface area (Å²) in [6.45, 7) is 0.269. The molecule has 11 heavy (non-hydrogen) atoms. The van der Waals surface area contributed by atoms with Gasteiger partial charge in [-0.15, -0.1) is 0 Å². The van der Waals surface area contributed by atoms with Gasteiger partial charge in [0.15, 0.2) is 0 Å². The van der Waals surface area contributed by atoms with Gasteiger partial charge in [0, 0.05) is 18.9 Å². The first-order valence-electron chi connectivity index (χ1n) is 3.13. The Morgan fingerprint density at radius 2 is 2.18 bits per heavy atom. The highest BCUT2D eigenvalue weighted by molar-refractivity contribution is 5.61. The maximum atomic E-state index is 9.93. The molecule has 4 heteroatoms. The van der Waals surface area contributed by atoms with Crippen LogP contribution in [0, 0.1) is 0 Å². The van der Waals surface area contributed by atoms with Crippen LogP contribution in [0.2, 0.25) is 0 Å². The number of aromatic nitrogens is 1. The molecule has 0 fully saturated rings. The molecule has 0 bridgehead atoms.